The van der Waals surface area contributed by atoms with E-state index in [1.54, 1.807) is 6.92 Å². The van der Waals surface area contributed by atoms with E-state index in [-0.39, 0.29) is 16.7 Å². The molecule has 1 fully saturated rings. The van der Waals surface area contributed by atoms with Gasteiger partial charge in [-0.25, -0.2) is 4.39 Å². The summed E-state index contributed by atoms with van der Waals surface area (Å²) in [5.41, 5.74) is 1.09. The number of aryl methyl sites for hydroxylation is 1. The van der Waals surface area contributed by atoms with E-state index in [4.69, 9.17) is 5.11 Å². The van der Waals surface area contributed by atoms with Crippen LogP contribution in [0.2, 0.25) is 0 Å². The van der Waals surface area contributed by atoms with Gasteiger partial charge in [-0.1, -0.05) is 10.6 Å². The van der Waals surface area contributed by atoms with Crippen molar-refractivity contribution in [1.82, 2.24) is 5.32 Å². The number of hydrogen-bond acceptors (Lipinski definition) is 5. The first-order valence-electron chi connectivity index (χ1n) is 9.04. The number of aliphatic hydroxyl groups is 1. The second-order valence-corrected chi connectivity index (χ2v) is 7.63. The number of carbonyl (C=O) groups excluding carboxylic acids is 1. The Labute approximate surface area is 164 Å². The van der Waals surface area contributed by atoms with E-state index < -0.39 is 13.9 Å². The largest absolute Gasteiger partial charge is 0.591 e. The zero-order chi connectivity index (χ0) is 20.5. The Balaban J connectivity index is 0.000000292. The smallest absolute Gasteiger partial charge is 0.348 e. The van der Waals surface area contributed by atoms with Crippen molar-refractivity contribution in [3.8, 4) is 0 Å². The second-order valence-electron chi connectivity index (χ2n) is 6.60. The van der Waals surface area contributed by atoms with Crippen molar-refractivity contribution in [1.29, 1.82) is 0 Å². The van der Waals surface area contributed by atoms with Crippen LogP contribution in [0.25, 0.3) is 0 Å². The van der Waals surface area contributed by atoms with Crippen LogP contribution in [0.15, 0.2) is 42.5 Å². The maximum atomic E-state index is 13.1. The number of carbonyl (C=O) groups is 1. The van der Waals surface area contributed by atoms with Gasteiger partial charge in [-0.15, -0.1) is 0 Å². The minimum absolute atomic E-state index is 0.0722. The second kappa shape index (κ2) is 11.0. The predicted molar refractivity (Wildman–Crippen MR) is 105 cm³/mol. The summed E-state index contributed by atoms with van der Waals surface area (Å²) < 4.78 is 24.0. The molecule has 1 aliphatic rings. The normalized spacial score (nSPS) is 14.6. The third-order valence-electron chi connectivity index (χ3n) is 4.45. The van der Waals surface area contributed by atoms with E-state index in [1.165, 1.54) is 42.5 Å². The van der Waals surface area contributed by atoms with Gasteiger partial charge in [-0.3, -0.25) is 4.79 Å². The van der Waals surface area contributed by atoms with Gasteiger partial charge in [0.05, 0.1) is 0 Å². The molecule has 1 amide bonds. The van der Waals surface area contributed by atoms with Crippen molar-refractivity contribution in [3.05, 3.63) is 59.4 Å². The Morgan fingerprint density at radius 3 is 2.57 bits per heavy atom. The Kier molecular flexibility index (Phi) is 8.67. The maximum Gasteiger partial charge on any atom is 0.348 e. The molecule has 0 aliphatic carbocycles. The third-order valence-corrected chi connectivity index (χ3v) is 5.15. The summed E-state index contributed by atoms with van der Waals surface area (Å²) in [6.45, 7) is 4.14. The lowest BCUT2D eigenvalue weighted by Crippen LogP contribution is -2.29. The number of anilines is 1. The van der Waals surface area contributed by atoms with Crippen LogP contribution >= 0.6 is 8.03 Å². The highest BCUT2D eigenvalue weighted by Gasteiger charge is 2.13. The minimum atomic E-state index is -2.73. The van der Waals surface area contributed by atoms with Crippen molar-refractivity contribution in [2.24, 2.45) is 5.92 Å². The fraction of sp³-hybridized carbons (Fsp3) is 0.350. The molecular weight excluding hydrogens is 382 g/mol. The maximum absolute atomic E-state index is 13.1. The molecule has 0 spiro atoms. The highest BCUT2D eigenvalue weighted by atomic mass is 31.1. The molecule has 0 saturated carbocycles. The Morgan fingerprint density at radius 1 is 1.29 bits per heavy atom. The lowest BCUT2D eigenvalue weighted by atomic mass is 10.00. The Hall–Kier alpha value is -2.18. The topological polar surface area (TPSA) is 101 Å². The number of halogens is 1. The molecule has 1 unspecified atom stereocenters. The lowest BCUT2D eigenvalue weighted by Gasteiger charge is -2.19. The number of amides is 1. The van der Waals surface area contributed by atoms with Gasteiger partial charge in [-0.05, 0) is 74.7 Å². The molecule has 0 bridgehead atoms. The summed E-state index contributed by atoms with van der Waals surface area (Å²) in [4.78, 5) is 22.9. The molecule has 1 aliphatic heterocycles. The van der Waals surface area contributed by atoms with Crippen LogP contribution in [0.5, 0.6) is 0 Å². The van der Waals surface area contributed by atoms with Gasteiger partial charge in [0.2, 0.25) is 0 Å². The number of hydrogen-bond donors (Lipinski definition) is 3. The van der Waals surface area contributed by atoms with Gasteiger partial charge >= 0.3 is 8.03 Å². The van der Waals surface area contributed by atoms with Crippen LogP contribution in [-0.4, -0.2) is 30.7 Å². The van der Waals surface area contributed by atoms with E-state index in [0.717, 1.165) is 25.9 Å². The van der Waals surface area contributed by atoms with E-state index in [9.17, 15) is 18.6 Å². The average molecular weight is 406 g/mol. The first kappa shape index (κ1) is 22.1. The molecule has 0 aromatic heterocycles. The molecule has 1 heterocycles. The predicted octanol–water partition coefficient (Wildman–Crippen LogP) is 2.09. The fourth-order valence-corrected chi connectivity index (χ4v) is 3.20. The zero-order valence-electron chi connectivity index (χ0n) is 15.7. The minimum Gasteiger partial charge on any atom is -0.591 e. The van der Waals surface area contributed by atoms with E-state index in [2.05, 4.69) is 10.6 Å². The first-order valence-corrected chi connectivity index (χ1v) is 10.2. The quantitative estimate of drug-likeness (QED) is 0.675. The molecule has 8 heteroatoms. The van der Waals surface area contributed by atoms with E-state index >= 15 is 0 Å². The van der Waals surface area contributed by atoms with Crippen molar-refractivity contribution in [2.45, 2.75) is 19.8 Å². The Bertz CT molecular complexity index is 826. The van der Waals surface area contributed by atoms with Crippen LogP contribution in [-0.2, 0) is 4.57 Å². The van der Waals surface area contributed by atoms with Gasteiger partial charge in [0.15, 0.2) is 5.30 Å². The van der Waals surface area contributed by atoms with Crippen LogP contribution in [0.4, 0.5) is 10.1 Å². The van der Waals surface area contributed by atoms with Gasteiger partial charge in [-0.2, -0.15) is 0 Å². The Morgan fingerprint density at radius 2 is 2.00 bits per heavy atom. The first-order chi connectivity index (χ1) is 13.4. The van der Waals surface area contributed by atoms with Crippen molar-refractivity contribution < 1.29 is 23.7 Å². The molecule has 3 rings (SSSR count). The summed E-state index contributed by atoms with van der Waals surface area (Å²) in [5.74, 6) is -0.223. The molecule has 2 aromatic rings. The molecule has 6 nitrogen and oxygen atoms in total. The molecular formula is C20H24FN2O4P. The number of piperidine rings is 1. The molecule has 3 N–H and O–H groups in total. The number of benzene rings is 2. The molecule has 0 radical (unpaired) electrons. The lowest BCUT2D eigenvalue weighted by molar-refractivity contribution is -0.160. The number of nitrogens with one attached hydrogen (secondary N) is 2. The van der Waals surface area contributed by atoms with Crippen LogP contribution in [0, 0.1) is 18.7 Å². The van der Waals surface area contributed by atoms with Gasteiger partial charge < -0.3 is 20.6 Å². The van der Waals surface area contributed by atoms with Gasteiger partial charge in [0.25, 0.3) is 5.91 Å². The van der Waals surface area contributed by atoms with E-state index in [0.29, 0.717) is 23.8 Å². The summed E-state index contributed by atoms with van der Waals surface area (Å²) in [5, 5.41) is 14.6. The SMILES string of the molecule is Cc1cc(NC(=O)c2cccc([P+](=O)[O-])c2)ccc1F.OCC1CCNCC1. The number of aliphatic hydroxyl groups excluding tert-OH is 1. The van der Waals surface area contributed by atoms with Crippen LogP contribution < -0.4 is 20.8 Å². The summed E-state index contributed by atoms with van der Waals surface area (Å²) in [6, 6.07) is 9.90. The monoisotopic (exact) mass is 406 g/mol. The molecule has 1 saturated heterocycles. The molecule has 1 atom stereocenters. The third kappa shape index (κ3) is 6.77. The van der Waals surface area contributed by atoms with Crippen LogP contribution in [0.3, 0.4) is 0 Å². The number of rotatable bonds is 4. The summed E-state index contributed by atoms with van der Waals surface area (Å²) in [7, 11) is -2.73. The van der Waals surface area contributed by atoms with Crippen molar-refractivity contribution >= 4 is 24.9 Å². The summed E-state index contributed by atoms with van der Waals surface area (Å²) in [6.07, 6.45) is 2.30. The zero-order valence-corrected chi connectivity index (χ0v) is 16.5. The molecule has 150 valence electrons. The molecule has 2 aromatic carbocycles. The highest BCUT2D eigenvalue weighted by molar-refractivity contribution is 7.45. The fourth-order valence-electron chi connectivity index (χ4n) is 2.75. The van der Waals surface area contributed by atoms with Crippen molar-refractivity contribution in [2.75, 3.05) is 25.0 Å². The summed E-state index contributed by atoms with van der Waals surface area (Å²) >= 11 is 0. The highest BCUT2D eigenvalue weighted by Crippen LogP contribution is 2.15. The van der Waals surface area contributed by atoms with Gasteiger partial charge in [0, 0.05) is 23.9 Å². The van der Waals surface area contributed by atoms with Gasteiger partial charge in [0.1, 0.15) is 5.82 Å². The standard InChI is InChI=1S/C14H11FNO3P.C6H13NO/c1-9-7-11(5-6-13(9)15)16-14(17)10-3-2-4-12(8-10)20(18)19;8-5-6-1-3-7-4-2-6/h2-8H,1H3,(H,16,17);6-8H,1-5H2. The van der Waals surface area contributed by atoms with E-state index in [1.807, 2.05) is 0 Å². The average Bonchev–Trinajstić information content (AvgIpc) is 2.72. The van der Waals surface area contributed by atoms with Crippen LogP contribution in [0.1, 0.15) is 28.8 Å². The molecule has 28 heavy (non-hydrogen) atoms. The van der Waals surface area contributed by atoms with Crippen molar-refractivity contribution in [3.63, 3.8) is 0 Å².